The molecule has 0 amide bonds. The van der Waals surface area contributed by atoms with Crippen molar-refractivity contribution in [3.8, 4) is 0 Å². The number of piperazine rings is 1. The van der Waals surface area contributed by atoms with Gasteiger partial charge in [0, 0.05) is 32.7 Å². The molecule has 0 bridgehead atoms. The number of aromatic nitrogens is 4. The average molecular weight is 383 g/mol. The van der Waals surface area contributed by atoms with E-state index in [-0.39, 0.29) is 0 Å². The lowest BCUT2D eigenvalue weighted by Crippen LogP contribution is -2.47. The SMILES string of the molecule is CCC[C@@H](c1nnnn1C1CCCCC1)N1CCN(Cc2ccccc2)CC1. The summed E-state index contributed by atoms with van der Waals surface area (Å²) in [6.07, 6.45) is 8.71. The Labute approximate surface area is 168 Å². The Morgan fingerprint density at radius 2 is 1.75 bits per heavy atom. The third-order valence-corrected chi connectivity index (χ3v) is 6.40. The van der Waals surface area contributed by atoms with Gasteiger partial charge in [0.2, 0.25) is 0 Å². The highest BCUT2D eigenvalue weighted by atomic mass is 15.6. The summed E-state index contributed by atoms with van der Waals surface area (Å²) in [4.78, 5) is 5.19. The second kappa shape index (κ2) is 9.61. The molecule has 2 aliphatic rings. The predicted octanol–water partition coefficient (Wildman–Crippen LogP) is 3.84. The fourth-order valence-corrected chi connectivity index (χ4v) is 4.83. The van der Waals surface area contributed by atoms with E-state index >= 15 is 0 Å². The lowest BCUT2D eigenvalue weighted by molar-refractivity contribution is 0.0803. The van der Waals surface area contributed by atoms with Crippen molar-refractivity contribution in [3.05, 3.63) is 41.7 Å². The highest BCUT2D eigenvalue weighted by Gasteiger charge is 2.30. The van der Waals surface area contributed by atoms with E-state index in [0.29, 0.717) is 12.1 Å². The van der Waals surface area contributed by atoms with Crippen LogP contribution in [0.5, 0.6) is 0 Å². The van der Waals surface area contributed by atoms with E-state index in [4.69, 9.17) is 0 Å². The van der Waals surface area contributed by atoms with E-state index in [2.05, 4.69) is 67.3 Å². The van der Waals surface area contributed by atoms with Crippen LogP contribution in [0, 0.1) is 0 Å². The highest BCUT2D eigenvalue weighted by molar-refractivity contribution is 5.14. The molecule has 0 spiro atoms. The van der Waals surface area contributed by atoms with E-state index in [1.165, 1.54) is 37.7 Å². The van der Waals surface area contributed by atoms with Crippen LogP contribution in [-0.4, -0.2) is 56.2 Å². The third-order valence-electron chi connectivity index (χ3n) is 6.40. The van der Waals surface area contributed by atoms with Gasteiger partial charge in [-0.15, -0.1) is 5.10 Å². The van der Waals surface area contributed by atoms with Crippen molar-refractivity contribution >= 4 is 0 Å². The molecule has 1 aromatic carbocycles. The molecule has 1 atom stereocenters. The summed E-state index contributed by atoms with van der Waals surface area (Å²) in [6, 6.07) is 11.7. The summed E-state index contributed by atoms with van der Waals surface area (Å²) >= 11 is 0. The van der Waals surface area contributed by atoms with Gasteiger partial charge in [-0.3, -0.25) is 9.80 Å². The van der Waals surface area contributed by atoms with Crippen molar-refractivity contribution in [2.24, 2.45) is 0 Å². The maximum atomic E-state index is 4.52. The van der Waals surface area contributed by atoms with Gasteiger partial charge in [0.05, 0.1) is 12.1 Å². The smallest absolute Gasteiger partial charge is 0.168 e. The van der Waals surface area contributed by atoms with Crippen molar-refractivity contribution in [1.82, 2.24) is 30.0 Å². The van der Waals surface area contributed by atoms with Crippen molar-refractivity contribution in [2.75, 3.05) is 26.2 Å². The number of rotatable bonds is 7. The normalized spacial score (nSPS) is 21.0. The van der Waals surface area contributed by atoms with Gasteiger partial charge < -0.3 is 0 Å². The molecule has 6 nitrogen and oxygen atoms in total. The van der Waals surface area contributed by atoms with Gasteiger partial charge in [-0.2, -0.15) is 0 Å². The summed E-state index contributed by atoms with van der Waals surface area (Å²) in [5, 5.41) is 13.0. The number of hydrogen-bond donors (Lipinski definition) is 0. The molecule has 28 heavy (non-hydrogen) atoms. The molecular formula is C22H34N6. The predicted molar refractivity (Wildman–Crippen MR) is 111 cm³/mol. The van der Waals surface area contributed by atoms with Crippen LogP contribution in [0.25, 0.3) is 0 Å². The Morgan fingerprint density at radius 3 is 2.46 bits per heavy atom. The quantitative estimate of drug-likeness (QED) is 0.728. The first-order valence-electron chi connectivity index (χ1n) is 11.1. The van der Waals surface area contributed by atoms with E-state index < -0.39 is 0 Å². The minimum Gasteiger partial charge on any atom is -0.297 e. The van der Waals surface area contributed by atoms with Gasteiger partial charge in [0.1, 0.15) is 0 Å². The molecule has 0 radical (unpaired) electrons. The van der Waals surface area contributed by atoms with Gasteiger partial charge >= 0.3 is 0 Å². The summed E-state index contributed by atoms with van der Waals surface area (Å²) in [6.45, 7) is 7.73. The fraction of sp³-hybridized carbons (Fsp3) is 0.682. The van der Waals surface area contributed by atoms with Gasteiger partial charge in [-0.25, -0.2) is 4.68 Å². The topological polar surface area (TPSA) is 50.1 Å². The number of hydrogen-bond acceptors (Lipinski definition) is 5. The lowest BCUT2D eigenvalue weighted by Gasteiger charge is -2.39. The molecule has 2 heterocycles. The minimum absolute atomic E-state index is 0.348. The van der Waals surface area contributed by atoms with E-state index in [1.807, 2.05) is 0 Å². The zero-order valence-corrected chi connectivity index (χ0v) is 17.2. The number of nitrogens with zero attached hydrogens (tertiary/aromatic N) is 6. The Morgan fingerprint density at radius 1 is 1.00 bits per heavy atom. The Kier molecular flexibility index (Phi) is 6.70. The molecule has 1 saturated carbocycles. The molecule has 0 N–H and O–H groups in total. The second-order valence-electron chi connectivity index (χ2n) is 8.38. The highest BCUT2D eigenvalue weighted by Crippen LogP contribution is 2.32. The number of benzene rings is 1. The van der Waals surface area contributed by atoms with Gasteiger partial charge in [0.25, 0.3) is 0 Å². The maximum absolute atomic E-state index is 4.52. The number of tetrazole rings is 1. The molecule has 1 aromatic heterocycles. The van der Waals surface area contributed by atoms with Crippen molar-refractivity contribution in [1.29, 1.82) is 0 Å². The second-order valence-corrected chi connectivity index (χ2v) is 8.38. The molecule has 2 fully saturated rings. The monoisotopic (exact) mass is 382 g/mol. The van der Waals surface area contributed by atoms with Crippen molar-refractivity contribution in [2.45, 2.75) is 70.5 Å². The molecule has 0 unspecified atom stereocenters. The summed E-state index contributed by atoms with van der Waals surface area (Å²) in [5.41, 5.74) is 1.40. The van der Waals surface area contributed by atoms with Gasteiger partial charge in [0.15, 0.2) is 5.82 Å². The van der Waals surface area contributed by atoms with Crippen molar-refractivity contribution in [3.63, 3.8) is 0 Å². The van der Waals surface area contributed by atoms with Crippen LogP contribution < -0.4 is 0 Å². The summed E-state index contributed by atoms with van der Waals surface area (Å²) < 4.78 is 2.18. The van der Waals surface area contributed by atoms with E-state index in [0.717, 1.165) is 51.4 Å². The Hall–Kier alpha value is -1.79. The molecule has 2 aromatic rings. The molecule has 1 saturated heterocycles. The summed E-state index contributed by atoms with van der Waals surface area (Å²) in [7, 11) is 0. The molecule has 152 valence electrons. The fourth-order valence-electron chi connectivity index (χ4n) is 4.83. The molecule has 6 heteroatoms. The third kappa shape index (κ3) is 4.61. The van der Waals surface area contributed by atoms with E-state index in [9.17, 15) is 0 Å². The zero-order valence-electron chi connectivity index (χ0n) is 17.2. The van der Waals surface area contributed by atoms with Crippen LogP contribution in [-0.2, 0) is 6.54 Å². The summed E-state index contributed by atoms with van der Waals surface area (Å²) in [5.74, 6) is 1.10. The molecule has 1 aliphatic carbocycles. The van der Waals surface area contributed by atoms with Gasteiger partial charge in [-0.05, 0) is 35.3 Å². The largest absolute Gasteiger partial charge is 0.297 e. The van der Waals surface area contributed by atoms with Crippen LogP contribution in [0.3, 0.4) is 0 Å². The molecular weight excluding hydrogens is 348 g/mol. The first-order valence-corrected chi connectivity index (χ1v) is 11.1. The molecule has 4 rings (SSSR count). The standard InChI is InChI=1S/C22H34N6/c1-2-9-21(22-23-24-25-28(22)20-12-7-4-8-13-20)27-16-14-26(15-17-27)18-19-10-5-3-6-11-19/h3,5-6,10-11,20-21H,2,4,7-9,12-18H2,1H3/t21-/m0/s1. The average Bonchev–Trinajstić information content (AvgIpc) is 3.24. The Bertz CT molecular complexity index is 701. The lowest BCUT2D eigenvalue weighted by atomic mass is 9.95. The Balaban J connectivity index is 1.41. The maximum Gasteiger partial charge on any atom is 0.168 e. The van der Waals surface area contributed by atoms with Crippen LogP contribution in [0.4, 0.5) is 0 Å². The van der Waals surface area contributed by atoms with Crippen LogP contribution in [0.15, 0.2) is 30.3 Å². The van der Waals surface area contributed by atoms with Crippen LogP contribution >= 0.6 is 0 Å². The van der Waals surface area contributed by atoms with E-state index in [1.54, 1.807) is 0 Å². The van der Waals surface area contributed by atoms with Crippen LogP contribution in [0.2, 0.25) is 0 Å². The van der Waals surface area contributed by atoms with Crippen molar-refractivity contribution < 1.29 is 0 Å². The van der Waals surface area contributed by atoms with Crippen LogP contribution in [0.1, 0.15) is 75.3 Å². The minimum atomic E-state index is 0.348. The molecule has 1 aliphatic heterocycles. The zero-order chi connectivity index (χ0) is 19.2. The first kappa shape index (κ1) is 19.5. The first-order chi connectivity index (χ1) is 13.8. The van der Waals surface area contributed by atoms with Gasteiger partial charge in [-0.1, -0.05) is 62.9 Å².